The Kier molecular flexibility index (Phi) is 6.04. The minimum absolute atomic E-state index is 0.0318. The Balaban J connectivity index is 1.54. The smallest absolute Gasteiger partial charge is 0.354 e. The predicted octanol–water partition coefficient (Wildman–Crippen LogP) is 3.65. The third-order valence-electron chi connectivity index (χ3n) is 4.32. The minimum Gasteiger partial charge on any atom is -0.354 e. The van der Waals surface area contributed by atoms with Crippen molar-refractivity contribution in [1.29, 1.82) is 0 Å². The summed E-state index contributed by atoms with van der Waals surface area (Å²) in [5.74, 6) is -0.446. The van der Waals surface area contributed by atoms with Gasteiger partial charge in [0.15, 0.2) is 0 Å². The number of piperazine rings is 1. The van der Waals surface area contributed by atoms with Crippen molar-refractivity contribution in [3.05, 3.63) is 52.9 Å². The van der Waals surface area contributed by atoms with Crippen LogP contribution in [0.15, 0.2) is 36.4 Å². The average Bonchev–Trinajstić information content (AvgIpc) is 2.63. The number of benzene rings is 1. The first-order valence-corrected chi connectivity index (χ1v) is 8.86. The second-order valence-electron chi connectivity index (χ2n) is 6.32. The molecule has 0 unspecified atom stereocenters. The van der Waals surface area contributed by atoms with Crippen LogP contribution in [0.1, 0.15) is 5.56 Å². The maximum absolute atomic E-state index is 13.2. The van der Waals surface area contributed by atoms with Crippen LogP contribution in [0.25, 0.3) is 0 Å². The lowest BCUT2D eigenvalue weighted by atomic mass is 10.2. The number of carbonyl (C=O) groups is 1. The fourth-order valence-corrected chi connectivity index (χ4v) is 3.16. The molecular formula is C18H17ClF4N4O. The third-order valence-corrected chi connectivity index (χ3v) is 4.65. The van der Waals surface area contributed by atoms with Crippen LogP contribution in [-0.4, -0.2) is 48.5 Å². The number of rotatable bonds is 4. The molecule has 0 aliphatic carbocycles. The second-order valence-corrected chi connectivity index (χ2v) is 6.73. The average molecular weight is 417 g/mol. The van der Waals surface area contributed by atoms with E-state index in [0.29, 0.717) is 32.0 Å². The summed E-state index contributed by atoms with van der Waals surface area (Å²) in [6.07, 6.45) is -4.60. The van der Waals surface area contributed by atoms with Crippen molar-refractivity contribution in [3.63, 3.8) is 0 Å². The number of carbonyl (C=O) groups excluding carboxylic acids is 1. The fourth-order valence-electron chi connectivity index (χ4n) is 2.93. The molecule has 28 heavy (non-hydrogen) atoms. The summed E-state index contributed by atoms with van der Waals surface area (Å²) < 4.78 is 51.9. The quantitative estimate of drug-likeness (QED) is 0.610. The molecular weight excluding hydrogens is 400 g/mol. The van der Waals surface area contributed by atoms with E-state index >= 15 is 0 Å². The van der Waals surface area contributed by atoms with Crippen LogP contribution in [0.5, 0.6) is 0 Å². The van der Waals surface area contributed by atoms with Crippen LogP contribution >= 0.6 is 11.6 Å². The van der Waals surface area contributed by atoms with Crippen LogP contribution < -0.4 is 10.2 Å². The molecule has 1 aliphatic rings. The summed E-state index contributed by atoms with van der Waals surface area (Å²) in [5, 5.41) is 2.04. The van der Waals surface area contributed by atoms with Gasteiger partial charge in [0.2, 0.25) is 11.9 Å². The molecule has 0 spiro atoms. The van der Waals surface area contributed by atoms with Gasteiger partial charge < -0.3 is 10.2 Å². The summed E-state index contributed by atoms with van der Waals surface area (Å²) in [5.41, 5.74) is -0.965. The van der Waals surface area contributed by atoms with E-state index in [9.17, 15) is 22.4 Å². The van der Waals surface area contributed by atoms with E-state index in [0.717, 1.165) is 12.1 Å². The number of amides is 1. The standard InChI is InChI=1S/C18H17ClF4N4O/c19-14-5-4-12(10-13(14)18(21,22)23)24-17(28)11-26-6-8-27(9-7-26)16-3-1-2-15(20)25-16/h1-5,10H,6-9,11H2,(H,24,28). The molecule has 0 atom stereocenters. The minimum atomic E-state index is -4.60. The number of pyridine rings is 1. The number of halogens is 5. The number of alkyl halides is 3. The van der Waals surface area contributed by atoms with E-state index < -0.39 is 28.6 Å². The Morgan fingerprint density at radius 1 is 1.14 bits per heavy atom. The zero-order chi connectivity index (χ0) is 20.3. The fraction of sp³-hybridized carbons (Fsp3) is 0.333. The highest BCUT2D eigenvalue weighted by Gasteiger charge is 2.33. The molecule has 1 aromatic heterocycles. The zero-order valence-electron chi connectivity index (χ0n) is 14.6. The van der Waals surface area contributed by atoms with E-state index in [-0.39, 0.29) is 12.2 Å². The van der Waals surface area contributed by atoms with E-state index in [1.165, 1.54) is 12.1 Å². The summed E-state index contributed by atoms with van der Waals surface area (Å²) >= 11 is 5.57. The summed E-state index contributed by atoms with van der Waals surface area (Å²) in [4.78, 5) is 19.8. The molecule has 1 aliphatic heterocycles. The van der Waals surface area contributed by atoms with Gasteiger partial charge in [-0.1, -0.05) is 17.7 Å². The van der Waals surface area contributed by atoms with E-state index in [1.54, 1.807) is 12.1 Å². The predicted molar refractivity (Wildman–Crippen MR) is 97.9 cm³/mol. The molecule has 0 radical (unpaired) electrons. The van der Waals surface area contributed by atoms with Gasteiger partial charge in [-0.15, -0.1) is 0 Å². The van der Waals surface area contributed by atoms with Crippen molar-refractivity contribution in [3.8, 4) is 0 Å². The van der Waals surface area contributed by atoms with Crippen LogP contribution in [-0.2, 0) is 11.0 Å². The number of anilines is 2. The molecule has 150 valence electrons. The molecule has 1 saturated heterocycles. The maximum Gasteiger partial charge on any atom is 0.417 e. The topological polar surface area (TPSA) is 48.5 Å². The number of aromatic nitrogens is 1. The summed E-state index contributed by atoms with van der Waals surface area (Å²) in [7, 11) is 0. The lowest BCUT2D eigenvalue weighted by Crippen LogP contribution is -2.49. The van der Waals surface area contributed by atoms with Crippen LogP contribution in [0.4, 0.5) is 29.1 Å². The van der Waals surface area contributed by atoms with E-state index in [2.05, 4.69) is 10.3 Å². The largest absolute Gasteiger partial charge is 0.417 e. The molecule has 2 aromatic rings. The molecule has 10 heteroatoms. The summed E-state index contributed by atoms with van der Waals surface area (Å²) in [6, 6.07) is 7.80. The van der Waals surface area contributed by atoms with Gasteiger partial charge in [0.25, 0.3) is 0 Å². The van der Waals surface area contributed by atoms with Crippen molar-refractivity contribution in [2.45, 2.75) is 6.18 Å². The van der Waals surface area contributed by atoms with Gasteiger partial charge in [0, 0.05) is 31.9 Å². The maximum atomic E-state index is 13.2. The van der Waals surface area contributed by atoms with Gasteiger partial charge in [-0.2, -0.15) is 17.6 Å². The Morgan fingerprint density at radius 2 is 1.86 bits per heavy atom. The first-order chi connectivity index (χ1) is 13.2. The molecule has 3 rings (SSSR count). The van der Waals surface area contributed by atoms with Crippen LogP contribution in [0, 0.1) is 5.95 Å². The SMILES string of the molecule is O=C(CN1CCN(c2cccc(F)n2)CC1)Nc1ccc(Cl)c(C(F)(F)F)c1. The zero-order valence-corrected chi connectivity index (χ0v) is 15.4. The highest BCUT2D eigenvalue weighted by atomic mass is 35.5. The van der Waals surface area contributed by atoms with Crippen molar-refractivity contribution in [1.82, 2.24) is 9.88 Å². The second kappa shape index (κ2) is 8.32. The molecule has 1 N–H and O–H groups in total. The highest BCUT2D eigenvalue weighted by molar-refractivity contribution is 6.31. The number of hydrogen-bond donors (Lipinski definition) is 1. The molecule has 5 nitrogen and oxygen atoms in total. The number of nitrogens with one attached hydrogen (secondary N) is 1. The van der Waals surface area contributed by atoms with Gasteiger partial charge in [-0.05, 0) is 30.3 Å². The van der Waals surface area contributed by atoms with Gasteiger partial charge in [-0.3, -0.25) is 9.69 Å². The van der Waals surface area contributed by atoms with Crippen molar-refractivity contribution in [2.24, 2.45) is 0 Å². The molecule has 1 fully saturated rings. The Bertz CT molecular complexity index is 854. The van der Waals surface area contributed by atoms with Gasteiger partial charge in [0.05, 0.1) is 17.1 Å². The normalized spacial score (nSPS) is 15.5. The molecule has 1 amide bonds. The number of nitrogens with zero attached hydrogens (tertiary/aromatic N) is 3. The lowest BCUT2D eigenvalue weighted by Gasteiger charge is -2.34. The first-order valence-electron chi connectivity index (χ1n) is 8.49. The summed E-state index contributed by atoms with van der Waals surface area (Å²) in [6.45, 7) is 2.24. The van der Waals surface area contributed by atoms with Crippen LogP contribution in [0.2, 0.25) is 5.02 Å². The van der Waals surface area contributed by atoms with Crippen molar-refractivity contribution in [2.75, 3.05) is 42.9 Å². The molecule has 0 saturated carbocycles. The van der Waals surface area contributed by atoms with Gasteiger partial charge in [-0.25, -0.2) is 4.98 Å². The van der Waals surface area contributed by atoms with Crippen molar-refractivity contribution < 1.29 is 22.4 Å². The third kappa shape index (κ3) is 5.11. The highest BCUT2D eigenvalue weighted by Crippen LogP contribution is 2.36. The monoisotopic (exact) mass is 416 g/mol. The molecule has 0 bridgehead atoms. The van der Waals surface area contributed by atoms with E-state index in [1.807, 2.05) is 9.80 Å². The lowest BCUT2D eigenvalue weighted by molar-refractivity contribution is -0.137. The van der Waals surface area contributed by atoms with Crippen LogP contribution in [0.3, 0.4) is 0 Å². The van der Waals surface area contributed by atoms with Crippen molar-refractivity contribution >= 4 is 29.0 Å². The Morgan fingerprint density at radius 3 is 2.50 bits per heavy atom. The first kappa shape index (κ1) is 20.3. The molecule has 2 heterocycles. The van der Waals surface area contributed by atoms with Gasteiger partial charge >= 0.3 is 6.18 Å². The molecule has 1 aromatic carbocycles. The Hall–Kier alpha value is -2.39. The van der Waals surface area contributed by atoms with E-state index in [4.69, 9.17) is 11.6 Å². The number of hydrogen-bond acceptors (Lipinski definition) is 4. The van der Waals surface area contributed by atoms with Gasteiger partial charge in [0.1, 0.15) is 5.82 Å². The Labute approximate surface area is 163 Å².